The molecule has 1 aliphatic rings. The molecule has 2 amide bonds. The number of carbonyl (C=O) groups is 1. The van der Waals surface area contributed by atoms with Crippen LogP contribution in [0, 0.1) is 11.6 Å². The highest BCUT2D eigenvalue weighted by Crippen LogP contribution is 2.29. The molecule has 148 valence electrons. The van der Waals surface area contributed by atoms with Gasteiger partial charge >= 0.3 is 6.03 Å². The molecule has 0 saturated carbocycles. The van der Waals surface area contributed by atoms with Gasteiger partial charge in [0.05, 0.1) is 6.10 Å². The van der Waals surface area contributed by atoms with Crippen LogP contribution in [0.1, 0.15) is 17.5 Å². The quantitative estimate of drug-likeness (QED) is 0.577. The van der Waals surface area contributed by atoms with E-state index in [0.717, 1.165) is 30.0 Å². The Morgan fingerprint density at radius 1 is 1.00 bits per heavy atom. The Morgan fingerprint density at radius 3 is 2.66 bits per heavy atom. The van der Waals surface area contributed by atoms with Crippen molar-refractivity contribution >= 4 is 17.4 Å². The zero-order chi connectivity index (χ0) is 20.4. The van der Waals surface area contributed by atoms with E-state index in [1.165, 1.54) is 12.1 Å². The molecule has 0 radical (unpaired) electrons. The van der Waals surface area contributed by atoms with E-state index in [1.807, 2.05) is 12.1 Å². The number of aliphatic hydroxyl groups excluding tert-OH is 1. The number of rotatable bonds is 3. The van der Waals surface area contributed by atoms with E-state index in [-0.39, 0.29) is 5.56 Å². The summed E-state index contributed by atoms with van der Waals surface area (Å²) >= 11 is 0. The first-order valence-electron chi connectivity index (χ1n) is 9.42. The van der Waals surface area contributed by atoms with Crippen LogP contribution >= 0.6 is 0 Å². The van der Waals surface area contributed by atoms with Crippen molar-refractivity contribution < 1.29 is 18.7 Å². The third-order valence-corrected chi connectivity index (χ3v) is 5.07. The molecule has 0 heterocycles. The molecule has 1 unspecified atom stereocenters. The maximum Gasteiger partial charge on any atom is 0.323 e. The smallest absolute Gasteiger partial charge is 0.323 e. The van der Waals surface area contributed by atoms with Crippen LogP contribution in [-0.2, 0) is 12.8 Å². The highest BCUT2D eigenvalue weighted by Gasteiger charge is 2.20. The maximum atomic E-state index is 14.0. The Bertz CT molecular complexity index is 1070. The zero-order valence-corrected chi connectivity index (χ0v) is 15.6. The minimum absolute atomic E-state index is 0.251. The molecule has 0 spiro atoms. The molecule has 0 aromatic heterocycles. The van der Waals surface area contributed by atoms with Crippen molar-refractivity contribution in [1.82, 2.24) is 0 Å². The second kappa shape index (κ2) is 8.01. The van der Waals surface area contributed by atoms with Crippen LogP contribution in [0.5, 0.6) is 0 Å². The first-order valence-corrected chi connectivity index (χ1v) is 9.42. The van der Waals surface area contributed by atoms with Crippen LogP contribution in [0.15, 0.2) is 60.7 Å². The van der Waals surface area contributed by atoms with Gasteiger partial charge in [0.25, 0.3) is 0 Å². The van der Waals surface area contributed by atoms with E-state index >= 15 is 0 Å². The van der Waals surface area contributed by atoms with Gasteiger partial charge in [-0.3, -0.25) is 0 Å². The van der Waals surface area contributed by atoms with Gasteiger partial charge in [-0.25, -0.2) is 13.6 Å². The molecule has 4 rings (SSSR count). The van der Waals surface area contributed by atoms with Crippen molar-refractivity contribution in [3.05, 3.63) is 83.4 Å². The molecule has 1 aliphatic carbocycles. The highest BCUT2D eigenvalue weighted by atomic mass is 19.1. The third-order valence-electron chi connectivity index (χ3n) is 5.07. The molecule has 29 heavy (non-hydrogen) atoms. The predicted molar refractivity (Wildman–Crippen MR) is 109 cm³/mol. The first-order chi connectivity index (χ1) is 14.0. The summed E-state index contributed by atoms with van der Waals surface area (Å²) in [5, 5.41) is 15.5. The molecule has 0 aliphatic heterocycles. The number of hydrogen-bond donors (Lipinski definition) is 3. The number of carbonyl (C=O) groups excluding carboxylic acids is 1. The Morgan fingerprint density at radius 2 is 1.83 bits per heavy atom. The Kier molecular flexibility index (Phi) is 5.27. The van der Waals surface area contributed by atoms with Crippen LogP contribution in [0.4, 0.5) is 25.0 Å². The van der Waals surface area contributed by atoms with Crippen LogP contribution < -0.4 is 10.6 Å². The lowest BCUT2D eigenvalue weighted by Crippen LogP contribution is -2.24. The summed E-state index contributed by atoms with van der Waals surface area (Å²) in [6, 6.07) is 15.3. The van der Waals surface area contributed by atoms with E-state index in [4.69, 9.17) is 0 Å². The summed E-state index contributed by atoms with van der Waals surface area (Å²) in [7, 11) is 0. The molecule has 0 fully saturated rings. The van der Waals surface area contributed by atoms with Gasteiger partial charge in [-0.1, -0.05) is 24.3 Å². The molecule has 0 saturated heterocycles. The van der Waals surface area contributed by atoms with Crippen molar-refractivity contribution in [1.29, 1.82) is 0 Å². The number of halogens is 2. The molecular weight excluding hydrogens is 374 g/mol. The van der Waals surface area contributed by atoms with Crippen LogP contribution in [-0.4, -0.2) is 17.2 Å². The normalized spacial score (nSPS) is 15.5. The maximum absolute atomic E-state index is 14.0. The summed E-state index contributed by atoms with van der Waals surface area (Å²) in [6.07, 6.45) is 1.59. The van der Waals surface area contributed by atoms with E-state index in [2.05, 4.69) is 10.6 Å². The van der Waals surface area contributed by atoms with Gasteiger partial charge in [0, 0.05) is 29.4 Å². The number of hydrogen-bond acceptors (Lipinski definition) is 2. The number of amides is 2. The Hall–Kier alpha value is -3.25. The lowest BCUT2D eigenvalue weighted by Gasteiger charge is -2.23. The monoisotopic (exact) mass is 394 g/mol. The molecular formula is C23H20F2N2O2. The molecule has 4 nitrogen and oxygen atoms in total. The van der Waals surface area contributed by atoms with Crippen molar-refractivity contribution in [2.75, 3.05) is 10.6 Å². The number of aliphatic hydroxyl groups is 1. The number of nitrogens with one attached hydrogen (secondary N) is 2. The second-order valence-electron chi connectivity index (χ2n) is 7.12. The number of urea groups is 1. The van der Waals surface area contributed by atoms with Gasteiger partial charge in [-0.15, -0.1) is 0 Å². The molecule has 3 aromatic carbocycles. The fourth-order valence-electron chi connectivity index (χ4n) is 3.66. The van der Waals surface area contributed by atoms with Crippen molar-refractivity contribution in [3.63, 3.8) is 0 Å². The van der Waals surface area contributed by atoms with Gasteiger partial charge in [0.1, 0.15) is 11.6 Å². The Balaban J connectivity index is 1.51. The van der Waals surface area contributed by atoms with E-state index in [9.17, 15) is 18.7 Å². The molecule has 0 bridgehead atoms. The Labute approximate surface area is 167 Å². The van der Waals surface area contributed by atoms with Crippen molar-refractivity contribution in [2.45, 2.75) is 25.4 Å². The van der Waals surface area contributed by atoms with Gasteiger partial charge < -0.3 is 15.7 Å². The lowest BCUT2D eigenvalue weighted by atomic mass is 9.88. The minimum Gasteiger partial charge on any atom is -0.393 e. The van der Waals surface area contributed by atoms with E-state index in [1.54, 1.807) is 30.3 Å². The SMILES string of the molecule is O=C(Nc1cccc(-c2ccc(F)cc2F)c1)Nc1cccc2c1CC(O)CC2. The predicted octanol–water partition coefficient (Wildman–Crippen LogP) is 5.13. The van der Waals surface area contributed by atoms with Crippen LogP contribution in [0.25, 0.3) is 11.1 Å². The summed E-state index contributed by atoms with van der Waals surface area (Å²) in [5.41, 5.74) is 4.00. The average Bonchev–Trinajstić information content (AvgIpc) is 2.68. The number of anilines is 2. The topological polar surface area (TPSA) is 61.4 Å². The number of fused-ring (bicyclic) bond motifs is 1. The summed E-state index contributed by atoms with van der Waals surface area (Å²) in [4.78, 5) is 12.5. The minimum atomic E-state index is -0.666. The molecule has 6 heteroatoms. The third kappa shape index (κ3) is 4.27. The van der Waals surface area contributed by atoms with Gasteiger partial charge in [0.15, 0.2) is 0 Å². The van der Waals surface area contributed by atoms with Crippen molar-refractivity contribution in [3.8, 4) is 11.1 Å². The summed E-state index contributed by atoms with van der Waals surface area (Å²) < 4.78 is 27.2. The largest absolute Gasteiger partial charge is 0.393 e. The molecule has 3 aromatic rings. The zero-order valence-electron chi connectivity index (χ0n) is 15.6. The van der Waals surface area contributed by atoms with Crippen LogP contribution in [0.3, 0.4) is 0 Å². The van der Waals surface area contributed by atoms with Gasteiger partial charge in [-0.2, -0.15) is 0 Å². The fourth-order valence-corrected chi connectivity index (χ4v) is 3.66. The highest BCUT2D eigenvalue weighted by molar-refractivity contribution is 6.00. The first kappa shape index (κ1) is 19.1. The van der Waals surface area contributed by atoms with Crippen molar-refractivity contribution in [2.24, 2.45) is 0 Å². The average molecular weight is 394 g/mol. The summed E-state index contributed by atoms with van der Waals surface area (Å²) in [6.45, 7) is 0. The second-order valence-corrected chi connectivity index (χ2v) is 7.12. The summed E-state index contributed by atoms with van der Waals surface area (Å²) in [5.74, 6) is -1.31. The standard InChI is InChI=1S/C23H20F2N2O2/c24-16-8-10-19(21(25)12-16)15-4-1-5-17(11-15)26-23(29)27-22-6-2-3-14-7-9-18(28)13-20(14)22/h1-6,8,10-12,18,28H,7,9,13H2,(H2,26,27,29). The molecule has 1 atom stereocenters. The fraction of sp³-hybridized carbons (Fsp3) is 0.174. The van der Waals surface area contributed by atoms with E-state index in [0.29, 0.717) is 23.4 Å². The lowest BCUT2D eigenvalue weighted by molar-refractivity contribution is 0.159. The number of benzene rings is 3. The molecule has 3 N–H and O–H groups in total. The number of aryl methyl sites for hydroxylation is 1. The van der Waals surface area contributed by atoms with Crippen LogP contribution in [0.2, 0.25) is 0 Å². The van der Waals surface area contributed by atoms with E-state index < -0.39 is 23.8 Å². The van der Waals surface area contributed by atoms with Gasteiger partial charge in [-0.05, 0) is 59.9 Å². The van der Waals surface area contributed by atoms with Gasteiger partial charge in [0.2, 0.25) is 0 Å².